The number of aliphatic hydroxyl groups excluding tert-OH is 2. The Labute approximate surface area is 474 Å². The first-order valence-corrected chi connectivity index (χ1v) is 30.7. The molecule has 28 nitrogen and oxygen atoms in total. The van der Waals surface area contributed by atoms with Crippen LogP contribution in [0.2, 0.25) is 5.28 Å². The minimum atomic E-state index is -4.92. The number of fused-ring (bicyclic) bond motifs is 1. The second kappa shape index (κ2) is 34.4. The summed E-state index contributed by atoms with van der Waals surface area (Å²) >= 11 is 6.35. The molecule has 0 bridgehead atoms. The molecule has 1 aliphatic rings. The Morgan fingerprint density at radius 2 is 1.38 bits per heavy atom. The SMILES string of the molecule is O=C(CCOCCOCCOCCOCCn1cc(COCCOCCOCCOCCS(=O)C[C@@H](Nc2nc(Cl)nc3c2cnn3[C@@H]2O[C@H](COP(=O)(O)CP(=O)(O)O)[C@@H](O)[C@H]2O)c2ccccc2)nn1)Oc1c(F)cc(F)cc1F. The first-order valence-electron chi connectivity index (χ1n) is 25.3. The number of nitrogens with zero attached hydrogens (tertiary/aromatic N) is 7. The van der Waals surface area contributed by atoms with Crippen LogP contribution >= 0.6 is 26.8 Å². The molecule has 0 radical (unpaired) electrons. The minimum absolute atomic E-state index is 0.0652. The van der Waals surface area contributed by atoms with E-state index in [1.165, 1.54) is 6.20 Å². The van der Waals surface area contributed by atoms with Crippen molar-refractivity contribution in [2.24, 2.45) is 0 Å². The van der Waals surface area contributed by atoms with E-state index in [0.717, 1.165) is 10.2 Å². The van der Waals surface area contributed by atoms with Crippen LogP contribution in [0.15, 0.2) is 54.9 Å². The van der Waals surface area contributed by atoms with Gasteiger partial charge in [-0.1, -0.05) is 35.5 Å². The molecular weight excluding hydrogens is 1180 g/mol. The first kappa shape index (κ1) is 66.6. The number of nitrogens with one attached hydrogen (secondary N) is 1. The largest absolute Gasteiger partial charge is 0.420 e. The third-order valence-corrected chi connectivity index (χ3v) is 16.2. The maximum Gasteiger partial charge on any atom is 0.340 e. The average molecular weight is 1250 g/mol. The highest BCUT2D eigenvalue weighted by Gasteiger charge is 2.46. The topological polar surface area (TPSA) is 357 Å². The van der Waals surface area contributed by atoms with Crippen molar-refractivity contribution in [3.63, 3.8) is 0 Å². The lowest BCUT2D eigenvalue weighted by atomic mass is 10.1. The zero-order valence-electron chi connectivity index (χ0n) is 43.9. The number of carbonyl (C=O) groups excluding carboxylic acids is 1. The summed E-state index contributed by atoms with van der Waals surface area (Å²) in [5.41, 5.74) is 1.48. The van der Waals surface area contributed by atoms with Crippen molar-refractivity contribution in [3.05, 3.63) is 88.9 Å². The molecule has 4 heterocycles. The summed E-state index contributed by atoms with van der Waals surface area (Å²) in [4.78, 5) is 48.4. The van der Waals surface area contributed by atoms with E-state index >= 15 is 0 Å². The monoisotopic (exact) mass is 1250 g/mol. The van der Waals surface area contributed by atoms with Gasteiger partial charge < -0.3 is 82.1 Å². The molecule has 2 unspecified atom stereocenters. The number of benzene rings is 2. The van der Waals surface area contributed by atoms with Crippen LogP contribution in [0.25, 0.3) is 11.0 Å². The number of rotatable bonds is 41. The van der Waals surface area contributed by atoms with Crippen molar-refractivity contribution in [2.75, 3.05) is 128 Å². The van der Waals surface area contributed by atoms with Crippen molar-refractivity contribution >= 4 is 60.4 Å². The number of hydrogen-bond donors (Lipinski definition) is 6. The molecule has 35 heteroatoms. The predicted octanol–water partition coefficient (Wildman–Crippen LogP) is 2.68. The number of aromatic nitrogens is 7. The van der Waals surface area contributed by atoms with Crippen LogP contribution in [0.3, 0.4) is 0 Å². The van der Waals surface area contributed by atoms with Crippen molar-refractivity contribution < 1.29 is 108 Å². The van der Waals surface area contributed by atoms with E-state index in [2.05, 4.69) is 35.4 Å². The van der Waals surface area contributed by atoms with Gasteiger partial charge in [-0.15, -0.1) is 5.10 Å². The second-order valence-electron chi connectivity index (χ2n) is 17.6. The molecule has 1 aliphatic heterocycles. The van der Waals surface area contributed by atoms with Gasteiger partial charge in [0.05, 0.1) is 149 Å². The fourth-order valence-electron chi connectivity index (χ4n) is 7.44. The molecule has 1 fully saturated rings. The molecular formula is C47H64ClF3N8O20P2S. The molecule has 5 aromatic rings. The van der Waals surface area contributed by atoms with Gasteiger partial charge in [-0.05, 0) is 17.2 Å². The van der Waals surface area contributed by atoms with Crippen LogP contribution in [0.5, 0.6) is 5.75 Å². The van der Waals surface area contributed by atoms with Crippen molar-refractivity contribution in [1.82, 2.24) is 34.7 Å². The summed E-state index contributed by atoms with van der Waals surface area (Å²) in [7, 11) is -11.1. The van der Waals surface area contributed by atoms with Gasteiger partial charge in [-0.3, -0.25) is 18.1 Å². The molecule has 6 N–H and O–H groups in total. The zero-order chi connectivity index (χ0) is 58.9. The van der Waals surface area contributed by atoms with Crippen LogP contribution in [-0.2, 0) is 85.0 Å². The van der Waals surface area contributed by atoms with E-state index in [4.69, 9.17) is 68.5 Å². The molecule has 6 rings (SSSR count). The van der Waals surface area contributed by atoms with Gasteiger partial charge in [0, 0.05) is 34.4 Å². The number of hydrogen-bond acceptors (Lipinski definition) is 23. The number of aliphatic hydroxyl groups is 2. The Morgan fingerprint density at radius 1 is 0.793 bits per heavy atom. The van der Waals surface area contributed by atoms with Gasteiger partial charge in [0.1, 0.15) is 35.6 Å². The maximum atomic E-state index is 13.6. The van der Waals surface area contributed by atoms with Crippen LogP contribution in [0.1, 0.15) is 29.9 Å². The number of esters is 1. The molecule has 1 saturated heterocycles. The van der Waals surface area contributed by atoms with Crippen LogP contribution in [-0.4, -0.2) is 211 Å². The summed E-state index contributed by atoms with van der Waals surface area (Å²) in [6.45, 7) is 3.98. The van der Waals surface area contributed by atoms with Crippen molar-refractivity contribution in [1.29, 1.82) is 0 Å². The third kappa shape index (κ3) is 23.2. The molecule has 2 aromatic carbocycles. The van der Waals surface area contributed by atoms with E-state index in [1.54, 1.807) is 10.9 Å². The van der Waals surface area contributed by atoms with Crippen LogP contribution in [0, 0.1) is 17.5 Å². The van der Waals surface area contributed by atoms with Gasteiger partial charge in [0.2, 0.25) is 11.0 Å². The number of ether oxygens (including phenoxy) is 10. The molecule has 0 amide bonds. The Hall–Kier alpha value is -4.51. The maximum absolute atomic E-state index is 13.6. The molecule has 7 atom stereocenters. The highest BCUT2D eigenvalue weighted by atomic mass is 35.5. The molecule has 82 heavy (non-hydrogen) atoms. The van der Waals surface area contributed by atoms with Gasteiger partial charge in [0.15, 0.2) is 29.4 Å². The zero-order valence-corrected chi connectivity index (χ0v) is 47.3. The smallest absolute Gasteiger partial charge is 0.340 e. The third-order valence-electron chi connectivity index (χ3n) is 11.3. The van der Waals surface area contributed by atoms with E-state index in [0.29, 0.717) is 89.2 Å². The first-order chi connectivity index (χ1) is 39.4. The summed E-state index contributed by atoms with van der Waals surface area (Å²) in [5, 5.41) is 37.3. The molecule has 0 aliphatic carbocycles. The lowest BCUT2D eigenvalue weighted by Gasteiger charge is -2.20. The summed E-state index contributed by atoms with van der Waals surface area (Å²) < 4.78 is 139. The second-order valence-corrected chi connectivity index (χ2v) is 23.6. The Bertz CT molecular complexity index is 2850. The van der Waals surface area contributed by atoms with Gasteiger partial charge in [0.25, 0.3) is 0 Å². The van der Waals surface area contributed by atoms with E-state index in [9.17, 15) is 46.4 Å². The van der Waals surface area contributed by atoms with Crippen LogP contribution < -0.4 is 10.1 Å². The fourth-order valence-corrected chi connectivity index (χ4v) is 11.3. The number of anilines is 1. The van der Waals surface area contributed by atoms with Gasteiger partial charge >= 0.3 is 21.2 Å². The predicted molar refractivity (Wildman–Crippen MR) is 282 cm³/mol. The van der Waals surface area contributed by atoms with Gasteiger partial charge in [-0.25, -0.2) is 22.5 Å². The van der Waals surface area contributed by atoms with E-state index in [1.807, 2.05) is 30.3 Å². The summed E-state index contributed by atoms with van der Waals surface area (Å²) in [5.74, 6) is -6.59. The van der Waals surface area contributed by atoms with E-state index in [-0.39, 0.29) is 80.9 Å². The summed E-state index contributed by atoms with van der Waals surface area (Å²) in [6, 6.07) is 9.43. The number of halogens is 4. The van der Waals surface area contributed by atoms with Gasteiger partial charge in [-0.2, -0.15) is 15.1 Å². The van der Waals surface area contributed by atoms with Crippen LogP contribution in [0.4, 0.5) is 19.0 Å². The van der Waals surface area contributed by atoms with Crippen molar-refractivity contribution in [3.8, 4) is 5.75 Å². The molecule has 456 valence electrons. The number of carbonyl (C=O) groups is 1. The fraction of sp³-hybridized carbons (Fsp3) is 0.574. The Kier molecular flexibility index (Phi) is 28.0. The molecule has 0 saturated carbocycles. The average Bonchev–Trinajstić information content (AvgIpc) is 3.36. The summed E-state index contributed by atoms with van der Waals surface area (Å²) in [6.07, 6.45) is -3.30. The lowest BCUT2D eigenvalue weighted by molar-refractivity contribution is -0.136. The quantitative estimate of drug-likeness (QED) is 0.0108. The molecule has 0 spiro atoms. The minimum Gasteiger partial charge on any atom is -0.420 e. The highest BCUT2D eigenvalue weighted by Crippen LogP contribution is 2.55. The highest BCUT2D eigenvalue weighted by molar-refractivity contribution is 7.85. The normalized spacial score (nSPS) is 18.0. The molecule has 3 aromatic heterocycles. The van der Waals surface area contributed by atoms with E-state index < -0.39 is 98.3 Å². The Balaban J connectivity index is 0.756. The standard InChI is InChI=1S/C47H64ClF3N8O20P2S/c48-47-54-44(35-26-52-59(45(35)55-47)46-42(62)41(61)39(78-46)29-77-81(66,67)31-80(63,64)65)53-38(32-4-2-1-3-5-32)30-82(68)23-22-75-19-18-73-16-17-74-20-21-76-28-34-27-58(57-56-34)7-9-70-11-13-72-15-14-71-12-10-69-8-6-40(60)79-43-36(50)24-33(49)25-37(43)51/h1-5,24-27,38-39,41-42,46,61-62H,6-23,28-31H2,(H,66,67)(H,53,54,55)(H2,63,64,65)/t38-,39-,41-,42-,46-,82?/m1/s1. The lowest BCUT2D eigenvalue weighted by Crippen LogP contribution is -2.33. The Morgan fingerprint density at radius 3 is 2.00 bits per heavy atom. The van der Waals surface area contributed by atoms with Crippen molar-refractivity contribution in [2.45, 2.75) is 50.2 Å².